The van der Waals surface area contributed by atoms with E-state index in [4.69, 9.17) is 4.74 Å². The van der Waals surface area contributed by atoms with Crippen molar-refractivity contribution in [3.05, 3.63) is 61.6 Å². The van der Waals surface area contributed by atoms with Crippen LogP contribution < -0.4 is 10.1 Å². The number of hydrogen-bond donors (Lipinski definition) is 1. The molecule has 0 fully saturated rings. The molecule has 0 amide bonds. The highest BCUT2D eigenvalue weighted by molar-refractivity contribution is 14.1. The highest BCUT2D eigenvalue weighted by atomic mass is 127. The Kier molecular flexibility index (Phi) is 5.86. The van der Waals surface area contributed by atoms with E-state index < -0.39 is 0 Å². The smallest absolute Gasteiger partial charge is 0.120 e. The van der Waals surface area contributed by atoms with Crippen molar-refractivity contribution in [1.29, 1.82) is 0 Å². The van der Waals surface area contributed by atoms with Gasteiger partial charge < -0.3 is 10.1 Å². The van der Waals surface area contributed by atoms with Gasteiger partial charge in [-0.15, -0.1) is 0 Å². The lowest BCUT2D eigenvalue weighted by Gasteiger charge is -2.19. The molecule has 4 heteroatoms. The topological polar surface area (TPSA) is 21.3 Å². The lowest BCUT2D eigenvalue weighted by Crippen LogP contribution is -2.18. The summed E-state index contributed by atoms with van der Waals surface area (Å²) in [5.41, 5.74) is 2.45. The molecular weight excluding hydrogens is 429 g/mol. The Labute approximate surface area is 142 Å². The standard InChI is InChI=1S/C16H17BrINO/c1-3-20-13-8-9-14(15(17)10-13)16(19-2)11-4-6-12(18)7-5-11/h4-10,16,19H,3H2,1-2H3. The van der Waals surface area contributed by atoms with E-state index in [9.17, 15) is 0 Å². The minimum Gasteiger partial charge on any atom is -0.494 e. The summed E-state index contributed by atoms with van der Waals surface area (Å²) in [6, 6.07) is 14.9. The van der Waals surface area contributed by atoms with Crippen LogP contribution in [0.4, 0.5) is 0 Å². The van der Waals surface area contributed by atoms with E-state index in [0.717, 1.165) is 10.2 Å². The first-order valence-corrected chi connectivity index (χ1v) is 8.38. The van der Waals surface area contributed by atoms with Gasteiger partial charge >= 0.3 is 0 Å². The van der Waals surface area contributed by atoms with Crippen LogP contribution in [0.3, 0.4) is 0 Å². The molecule has 0 spiro atoms. The van der Waals surface area contributed by atoms with Crippen molar-refractivity contribution >= 4 is 38.5 Å². The molecule has 1 unspecified atom stereocenters. The summed E-state index contributed by atoms with van der Waals surface area (Å²) in [4.78, 5) is 0. The van der Waals surface area contributed by atoms with E-state index >= 15 is 0 Å². The Balaban J connectivity index is 2.34. The van der Waals surface area contributed by atoms with Crippen molar-refractivity contribution in [2.45, 2.75) is 13.0 Å². The SMILES string of the molecule is CCOc1ccc(C(NC)c2ccc(I)cc2)c(Br)c1. The van der Waals surface area contributed by atoms with E-state index in [1.807, 2.05) is 26.1 Å². The number of hydrogen-bond acceptors (Lipinski definition) is 2. The molecule has 0 aliphatic rings. The molecule has 106 valence electrons. The highest BCUT2D eigenvalue weighted by Crippen LogP contribution is 2.31. The van der Waals surface area contributed by atoms with Crippen molar-refractivity contribution in [2.24, 2.45) is 0 Å². The highest BCUT2D eigenvalue weighted by Gasteiger charge is 2.15. The lowest BCUT2D eigenvalue weighted by molar-refractivity contribution is 0.340. The summed E-state index contributed by atoms with van der Waals surface area (Å²) in [6.45, 7) is 2.67. The van der Waals surface area contributed by atoms with Gasteiger partial charge in [0.1, 0.15) is 5.75 Å². The number of ether oxygens (including phenoxy) is 1. The number of nitrogens with one attached hydrogen (secondary N) is 1. The predicted octanol–water partition coefficient (Wildman–Crippen LogP) is 4.76. The zero-order valence-corrected chi connectivity index (χ0v) is 15.2. The molecule has 0 aliphatic carbocycles. The van der Waals surface area contributed by atoms with Crippen LogP contribution in [-0.4, -0.2) is 13.7 Å². The largest absolute Gasteiger partial charge is 0.494 e. The Morgan fingerprint density at radius 3 is 2.45 bits per heavy atom. The van der Waals surface area contributed by atoms with Crippen LogP contribution in [0.1, 0.15) is 24.1 Å². The van der Waals surface area contributed by atoms with E-state index in [0.29, 0.717) is 6.61 Å². The van der Waals surface area contributed by atoms with Crippen molar-refractivity contribution in [3.8, 4) is 5.75 Å². The van der Waals surface area contributed by atoms with Gasteiger partial charge in [-0.2, -0.15) is 0 Å². The fraction of sp³-hybridized carbons (Fsp3) is 0.250. The first kappa shape index (κ1) is 15.8. The number of benzene rings is 2. The molecule has 0 saturated carbocycles. The summed E-state index contributed by atoms with van der Waals surface area (Å²) in [7, 11) is 1.98. The van der Waals surface area contributed by atoms with Crippen LogP contribution in [0, 0.1) is 3.57 Å². The Bertz CT molecular complexity index is 571. The summed E-state index contributed by atoms with van der Waals surface area (Å²) < 4.78 is 7.82. The third-order valence-corrected chi connectivity index (χ3v) is 4.49. The summed E-state index contributed by atoms with van der Waals surface area (Å²) in [5, 5.41) is 3.37. The van der Waals surface area contributed by atoms with E-state index in [1.165, 1.54) is 14.7 Å². The second-order valence-corrected chi connectivity index (χ2v) is 6.49. The normalized spacial score (nSPS) is 12.2. The van der Waals surface area contributed by atoms with Crippen LogP contribution in [0.15, 0.2) is 46.9 Å². The summed E-state index contributed by atoms with van der Waals surface area (Å²) >= 11 is 5.97. The first-order valence-electron chi connectivity index (χ1n) is 6.50. The van der Waals surface area contributed by atoms with Crippen molar-refractivity contribution < 1.29 is 4.74 Å². The molecular formula is C16H17BrINO. The maximum absolute atomic E-state index is 5.53. The van der Waals surface area contributed by atoms with Gasteiger partial charge in [-0.3, -0.25) is 0 Å². The maximum Gasteiger partial charge on any atom is 0.120 e. The third kappa shape index (κ3) is 3.74. The van der Waals surface area contributed by atoms with E-state index in [1.54, 1.807) is 0 Å². The van der Waals surface area contributed by atoms with Crippen LogP contribution in [0.2, 0.25) is 0 Å². The predicted molar refractivity (Wildman–Crippen MR) is 95.4 cm³/mol. The van der Waals surface area contributed by atoms with Gasteiger partial charge in [-0.05, 0) is 72.0 Å². The average Bonchev–Trinajstić information content (AvgIpc) is 2.44. The molecule has 0 bridgehead atoms. The fourth-order valence-corrected chi connectivity index (χ4v) is 3.10. The minimum absolute atomic E-state index is 0.164. The third-order valence-electron chi connectivity index (χ3n) is 3.09. The maximum atomic E-state index is 5.53. The van der Waals surface area contributed by atoms with E-state index in [-0.39, 0.29) is 6.04 Å². The quantitative estimate of drug-likeness (QED) is 0.670. The average molecular weight is 446 g/mol. The molecule has 2 aromatic rings. The molecule has 0 radical (unpaired) electrons. The van der Waals surface area contributed by atoms with Gasteiger partial charge in [0.2, 0.25) is 0 Å². The van der Waals surface area contributed by atoms with Crippen molar-refractivity contribution in [3.63, 3.8) is 0 Å². The summed E-state index contributed by atoms with van der Waals surface area (Å²) in [6.07, 6.45) is 0. The zero-order chi connectivity index (χ0) is 14.5. The number of rotatable bonds is 5. The second kappa shape index (κ2) is 7.43. The molecule has 0 aliphatic heterocycles. The lowest BCUT2D eigenvalue weighted by atomic mass is 9.99. The molecule has 1 N–H and O–H groups in total. The number of halogens is 2. The molecule has 2 aromatic carbocycles. The van der Waals surface area contributed by atoms with Crippen LogP contribution in [0.25, 0.3) is 0 Å². The van der Waals surface area contributed by atoms with E-state index in [2.05, 4.69) is 74.2 Å². The Morgan fingerprint density at radius 2 is 1.90 bits per heavy atom. The fourth-order valence-electron chi connectivity index (χ4n) is 2.16. The minimum atomic E-state index is 0.164. The zero-order valence-electron chi connectivity index (χ0n) is 11.5. The molecule has 2 nitrogen and oxygen atoms in total. The van der Waals surface area contributed by atoms with Gasteiger partial charge in [-0.25, -0.2) is 0 Å². The van der Waals surface area contributed by atoms with Crippen LogP contribution in [-0.2, 0) is 0 Å². The van der Waals surface area contributed by atoms with Gasteiger partial charge in [0.05, 0.1) is 12.6 Å². The van der Waals surface area contributed by atoms with Crippen LogP contribution >= 0.6 is 38.5 Å². The first-order chi connectivity index (χ1) is 9.65. The van der Waals surface area contributed by atoms with Crippen molar-refractivity contribution in [2.75, 3.05) is 13.7 Å². The summed E-state index contributed by atoms with van der Waals surface area (Å²) in [5.74, 6) is 0.889. The molecule has 2 rings (SSSR count). The Hall–Kier alpha value is -0.590. The van der Waals surface area contributed by atoms with Crippen LogP contribution in [0.5, 0.6) is 5.75 Å². The molecule has 0 saturated heterocycles. The molecule has 0 aromatic heterocycles. The molecule has 1 atom stereocenters. The van der Waals surface area contributed by atoms with Gasteiger partial charge in [0, 0.05) is 8.04 Å². The second-order valence-electron chi connectivity index (χ2n) is 4.39. The van der Waals surface area contributed by atoms with Gasteiger partial charge in [0.15, 0.2) is 0 Å². The van der Waals surface area contributed by atoms with Crippen molar-refractivity contribution in [1.82, 2.24) is 5.32 Å². The van der Waals surface area contributed by atoms with Gasteiger partial charge in [-0.1, -0.05) is 34.1 Å². The Morgan fingerprint density at radius 1 is 1.20 bits per heavy atom. The molecule has 0 heterocycles. The van der Waals surface area contributed by atoms with Gasteiger partial charge in [0.25, 0.3) is 0 Å². The molecule has 20 heavy (non-hydrogen) atoms. The monoisotopic (exact) mass is 445 g/mol.